The van der Waals surface area contributed by atoms with Gasteiger partial charge in [0.15, 0.2) is 12.0 Å². The number of hydrogen-bond donors (Lipinski definition) is 2. The summed E-state index contributed by atoms with van der Waals surface area (Å²) >= 11 is 0. The molecule has 1 aliphatic rings. The maximum atomic E-state index is 10.2. The summed E-state index contributed by atoms with van der Waals surface area (Å²) in [5, 5.41) is 19.2. The summed E-state index contributed by atoms with van der Waals surface area (Å²) < 4.78 is 6.49. The number of hydrazine groups is 1. The van der Waals surface area contributed by atoms with E-state index >= 15 is 0 Å². The van der Waals surface area contributed by atoms with E-state index in [9.17, 15) is 5.11 Å². The molecule has 0 radical (unpaired) electrons. The average Bonchev–Trinajstić information content (AvgIpc) is 3.08. The minimum Gasteiger partial charge on any atom is -0.481 e. The summed E-state index contributed by atoms with van der Waals surface area (Å²) in [4.78, 5) is 7.98. The molecule has 98 valence electrons. The van der Waals surface area contributed by atoms with Gasteiger partial charge in [-0.25, -0.2) is 19.7 Å². The second-order valence-corrected chi connectivity index (χ2v) is 3.71. The summed E-state index contributed by atoms with van der Waals surface area (Å²) in [5.41, 5.74) is 3.44. The van der Waals surface area contributed by atoms with Crippen molar-refractivity contribution in [2.24, 2.45) is 0 Å². The lowest BCUT2D eigenvalue weighted by atomic mass is 10.4. The predicted octanol–water partition coefficient (Wildman–Crippen LogP) is -0.782. The molecule has 0 saturated carbocycles. The molecular weight excluding hydrogens is 250 g/mol. The minimum atomic E-state index is -0.943. The van der Waals surface area contributed by atoms with Crippen LogP contribution in [0.15, 0.2) is 31.0 Å². The first-order chi connectivity index (χ1) is 9.29. The van der Waals surface area contributed by atoms with Crippen LogP contribution in [-0.4, -0.2) is 43.4 Å². The Hall–Kier alpha value is -2.68. The van der Waals surface area contributed by atoms with Crippen LogP contribution < -0.4 is 15.2 Å². The third-order valence-corrected chi connectivity index (χ3v) is 2.63. The van der Waals surface area contributed by atoms with Crippen LogP contribution in [-0.2, 0) is 0 Å². The van der Waals surface area contributed by atoms with E-state index in [4.69, 9.17) is 4.74 Å². The lowest BCUT2D eigenvalue weighted by Gasteiger charge is -2.22. The third kappa shape index (κ3) is 1.95. The van der Waals surface area contributed by atoms with Crippen molar-refractivity contribution >= 4 is 11.5 Å². The van der Waals surface area contributed by atoms with Crippen molar-refractivity contribution in [2.45, 2.75) is 6.23 Å². The molecule has 2 N–H and O–H groups in total. The molecule has 2 aromatic rings. The zero-order valence-electron chi connectivity index (χ0n) is 10.0. The van der Waals surface area contributed by atoms with Crippen LogP contribution in [0.2, 0.25) is 0 Å². The van der Waals surface area contributed by atoms with E-state index in [1.807, 2.05) is 0 Å². The van der Waals surface area contributed by atoms with Crippen LogP contribution in [0.1, 0.15) is 0 Å². The summed E-state index contributed by atoms with van der Waals surface area (Å²) in [6.07, 6.45) is 5.20. The molecule has 2 aromatic heterocycles. The van der Waals surface area contributed by atoms with Gasteiger partial charge in [-0.3, -0.25) is 5.43 Å². The Morgan fingerprint density at radius 1 is 1.42 bits per heavy atom. The number of methoxy groups -OCH3 is 1. The van der Waals surface area contributed by atoms with Crippen molar-refractivity contribution in [1.82, 2.24) is 30.4 Å². The van der Waals surface area contributed by atoms with Crippen molar-refractivity contribution in [3.05, 3.63) is 31.0 Å². The van der Waals surface area contributed by atoms with Crippen LogP contribution in [0, 0.1) is 0 Å². The second-order valence-electron chi connectivity index (χ2n) is 3.71. The molecule has 3 heterocycles. The summed E-state index contributed by atoms with van der Waals surface area (Å²) in [5.74, 6) is 0.888. The minimum absolute atomic E-state index is 0.410. The number of nitrogens with zero attached hydrogens (tertiary/aromatic N) is 6. The quantitative estimate of drug-likeness (QED) is 0.742. The zero-order valence-corrected chi connectivity index (χ0v) is 10.0. The Morgan fingerprint density at radius 2 is 2.32 bits per heavy atom. The molecule has 9 heteroatoms. The van der Waals surface area contributed by atoms with Crippen LogP contribution in [0.4, 0.5) is 5.82 Å². The highest BCUT2D eigenvalue weighted by molar-refractivity contribution is 5.59. The van der Waals surface area contributed by atoms with Crippen LogP contribution in [0.25, 0.3) is 5.70 Å². The Labute approximate surface area is 108 Å². The van der Waals surface area contributed by atoms with E-state index in [2.05, 4.69) is 25.7 Å². The number of aliphatic hydroxyl groups is 1. The number of ether oxygens (including phenoxy) is 1. The van der Waals surface area contributed by atoms with E-state index in [1.54, 1.807) is 18.5 Å². The summed E-state index contributed by atoms with van der Waals surface area (Å²) in [7, 11) is 1.51. The molecule has 1 aliphatic heterocycles. The van der Waals surface area contributed by atoms with E-state index in [0.717, 1.165) is 0 Å². The maximum absolute atomic E-state index is 10.2. The van der Waals surface area contributed by atoms with Gasteiger partial charge in [0.05, 0.1) is 19.5 Å². The smallest absolute Gasteiger partial charge is 0.218 e. The van der Waals surface area contributed by atoms with Gasteiger partial charge < -0.3 is 9.84 Å². The fourth-order valence-electron chi connectivity index (χ4n) is 1.71. The molecule has 0 spiro atoms. The normalized spacial score (nSPS) is 18.1. The molecule has 3 rings (SSSR count). The molecule has 0 aromatic carbocycles. The first-order valence-electron chi connectivity index (χ1n) is 5.46. The molecule has 1 atom stereocenters. The fraction of sp³-hybridized carbons (Fsp3) is 0.200. The molecule has 0 bridgehead atoms. The molecule has 0 amide bonds. The molecule has 1 unspecified atom stereocenters. The maximum Gasteiger partial charge on any atom is 0.218 e. The van der Waals surface area contributed by atoms with Gasteiger partial charge in [-0.1, -0.05) is 5.21 Å². The molecule has 9 nitrogen and oxygen atoms in total. The average molecular weight is 261 g/mol. The SMILES string of the molecule is COc1cc(N2NC=C(n3ccnn3)C2O)ncn1. The number of hydrogen-bond acceptors (Lipinski definition) is 8. The number of anilines is 1. The first kappa shape index (κ1) is 11.4. The summed E-state index contributed by atoms with van der Waals surface area (Å²) in [6, 6.07) is 1.61. The Bertz CT molecular complexity index is 598. The van der Waals surface area contributed by atoms with Crippen LogP contribution in [0.3, 0.4) is 0 Å². The molecular formula is C10H11N7O2. The van der Waals surface area contributed by atoms with Gasteiger partial charge in [-0.05, 0) is 0 Å². The molecule has 0 saturated heterocycles. The van der Waals surface area contributed by atoms with E-state index < -0.39 is 6.23 Å². The van der Waals surface area contributed by atoms with Crippen LogP contribution >= 0.6 is 0 Å². The Balaban J connectivity index is 1.85. The number of rotatable bonds is 3. The molecule has 0 fully saturated rings. The number of aromatic nitrogens is 5. The largest absolute Gasteiger partial charge is 0.481 e. The molecule has 19 heavy (non-hydrogen) atoms. The fourth-order valence-corrected chi connectivity index (χ4v) is 1.71. The van der Waals surface area contributed by atoms with Gasteiger partial charge in [0, 0.05) is 12.3 Å². The van der Waals surface area contributed by atoms with Crippen molar-refractivity contribution in [3.8, 4) is 5.88 Å². The monoisotopic (exact) mass is 261 g/mol. The molecule has 0 aliphatic carbocycles. The summed E-state index contributed by atoms with van der Waals surface area (Å²) in [6.45, 7) is 0. The number of nitrogens with one attached hydrogen (secondary N) is 1. The van der Waals surface area contributed by atoms with E-state index in [-0.39, 0.29) is 0 Å². The van der Waals surface area contributed by atoms with Gasteiger partial charge in [0.25, 0.3) is 0 Å². The highest BCUT2D eigenvalue weighted by Gasteiger charge is 2.28. The lowest BCUT2D eigenvalue weighted by Crippen LogP contribution is -2.39. The first-order valence-corrected chi connectivity index (χ1v) is 5.46. The highest BCUT2D eigenvalue weighted by atomic mass is 16.5. The topological polar surface area (TPSA) is 101 Å². The van der Waals surface area contributed by atoms with Crippen molar-refractivity contribution in [1.29, 1.82) is 0 Å². The van der Waals surface area contributed by atoms with Gasteiger partial charge in [-0.15, -0.1) is 5.10 Å². The predicted molar refractivity (Wildman–Crippen MR) is 64.5 cm³/mol. The number of aliphatic hydroxyl groups excluding tert-OH is 1. The highest BCUT2D eigenvalue weighted by Crippen LogP contribution is 2.23. The van der Waals surface area contributed by atoms with Crippen molar-refractivity contribution in [2.75, 3.05) is 12.1 Å². The standard InChI is InChI=1S/C10H11N7O2/c1-19-9-4-8(11-6-12-9)17-10(18)7(5-14-17)16-3-2-13-15-16/h2-6,10,14,18H,1H3. The Morgan fingerprint density at radius 3 is 3.05 bits per heavy atom. The Kier molecular flexibility index (Phi) is 2.72. The van der Waals surface area contributed by atoms with Crippen molar-refractivity contribution < 1.29 is 9.84 Å². The van der Waals surface area contributed by atoms with Crippen molar-refractivity contribution in [3.63, 3.8) is 0 Å². The van der Waals surface area contributed by atoms with Gasteiger partial charge in [-0.2, -0.15) is 0 Å². The van der Waals surface area contributed by atoms with Gasteiger partial charge in [0.1, 0.15) is 12.0 Å². The zero-order chi connectivity index (χ0) is 13.2. The van der Waals surface area contributed by atoms with E-state index in [1.165, 1.54) is 29.3 Å². The van der Waals surface area contributed by atoms with Crippen LogP contribution in [0.5, 0.6) is 5.88 Å². The lowest BCUT2D eigenvalue weighted by molar-refractivity contribution is 0.218. The van der Waals surface area contributed by atoms with Gasteiger partial charge >= 0.3 is 0 Å². The van der Waals surface area contributed by atoms with E-state index in [0.29, 0.717) is 17.4 Å². The third-order valence-electron chi connectivity index (χ3n) is 2.63. The second kappa shape index (κ2) is 4.53. The van der Waals surface area contributed by atoms with Gasteiger partial charge in [0.2, 0.25) is 5.88 Å².